The lowest BCUT2D eigenvalue weighted by Crippen LogP contribution is -2.22. The SMILES string of the molecule is CCOC(=O)c1c(C)[nH]c(C(=O)OCC(=O)Nc2cc(C(F)(F)F)ccc2Cl)c1C. The molecule has 1 aromatic carbocycles. The van der Waals surface area contributed by atoms with Gasteiger partial charge in [-0.1, -0.05) is 11.6 Å². The Balaban J connectivity index is 2.07. The van der Waals surface area contributed by atoms with E-state index in [1.165, 1.54) is 6.92 Å². The van der Waals surface area contributed by atoms with Crippen LogP contribution in [0.15, 0.2) is 18.2 Å². The Morgan fingerprint density at radius 3 is 2.40 bits per heavy atom. The van der Waals surface area contributed by atoms with Gasteiger partial charge < -0.3 is 19.8 Å². The first-order valence-electron chi connectivity index (χ1n) is 8.65. The summed E-state index contributed by atoms with van der Waals surface area (Å²) < 4.78 is 48.2. The molecule has 30 heavy (non-hydrogen) atoms. The number of nitrogens with one attached hydrogen (secondary N) is 2. The van der Waals surface area contributed by atoms with E-state index in [0.29, 0.717) is 11.8 Å². The monoisotopic (exact) mass is 446 g/mol. The highest BCUT2D eigenvalue weighted by Gasteiger charge is 2.31. The van der Waals surface area contributed by atoms with Crippen molar-refractivity contribution >= 4 is 35.1 Å². The molecule has 0 fully saturated rings. The standard InChI is InChI=1S/C19H18ClF3N2O5/c1-4-29-17(27)15-9(2)16(24-10(15)3)18(28)30-8-14(26)25-13-7-11(19(21,22)23)5-6-12(13)20/h5-7,24H,4,8H2,1-3H3,(H,25,26). The van der Waals surface area contributed by atoms with Crippen molar-refractivity contribution in [2.45, 2.75) is 26.9 Å². The number of rotatable bonds is 6. The fourth-order valence-electron chi connectivity index (χ4n) is 2.65. The van der Waals surface area contributed by atoms with Gasteiger partial charge in [-0.3, -0.25) is 4.79 Å². The fraction of sp³-hybridized carbons (Fsp3) is 0.316. The fourth-order valence-corrected chi connectivity index (χ4v) is 2.82. The molecular weight excluding hydrogens is 429 g/mol. The van der Waals surface area contributed by atoms with Gasteiger partial charge in [0.05, 0.1) is 28.4 Å². The Morgan fingerprint density at radius 1 is 1.13 bits per heavy atom. The highest BCUT2D eigenvalue weighted by atomic mass is 35.5. The molecule has 0 radical (unpaired) electrons. The van der Waals surface area contributed by atoms with Crippen LogP contribution in [0.25, 0.3) is 0 Å². The number of halogens is 4. The van der Waals surface area contributed by atoms with Crippen molar-refractivity contribution in [3.8, 4) is 0 Å². The Bertz CT molecular complexity index is 985. The van der Waals surface area contributed by atoms with Crippen LogP contribution in [0.3, 0.4) is 0 Å². The molecule has 2 N–H and O–H groups in total. The van der Waals surface area contributed by atoms with E-state index >= 15 is 0 Å². The van der Waals surface area contributed by atoms with Gasteiger partial charge in [-0.2, -0.15) is 13.2 Å². The molecule has 0 spiro atoms. The van der Waals surface area contributed by atoms with Crippen LogP contribution in [0.4, 0.5) is 18.9 Å². The summed E-state index contributed by atoms with van der Waals surface area (Å²) in [5, 5.41) is 2.05. The second-order valence-electron chi connectivity index (χ2n) is 6.16. The van der Waals surface area contributed by atoms with Gasteiger partial charge in [-0.15, -0.1) is 0 Å². The minimum atomic E-state index is -4.61. The number of alkyl halides is 3. The zero-order valence-electron chi connectivity index (χ0n) is 16.2. The number of hydrogen-bond donors (Lipinski definition) is 2. The summed E-state index contributed by atoms with van der Waals surface area (Å²) in [5.74, 6) is -2.42. The molecule has 0 unspecified atom stereocenters. The molecule has 0 bridgehead atoms. The number of ether oxygens (including phenoxy) is 2. The van der Waals surface area contributed by atoms with Crippen molar-refractivity contribution in [1.29, 1.82) is 0 Å². The average molecular weight is 447 g/mol. The Hall–Kier alpha value is -3.01. The minimum absolute atomic E-state index is 0.0412. The van der Waals surface area contributed by atoms with Crippen LogP contribution in [-0.2, 0) is 20.4 Å². The number of benzene rings is 1. The van der Waals surface area contributed by atoms with Crippen LogP contribution in [0, 0.1) is 13.8 Å². The van der Waals surface area contributed by atoms with E-state index in [9.17, 15) is 27.6 Å². The van der Waals surface area contributed by atoms with Gasteiger partial charge in [0.15, 0.2) is 6.61 Å². The van der Waals surface area contributed by atoms with Crippen molar-refractivity contribution in [1.82, 2.24) is 4.98 Å². The summed E-state index contributed by atoms with van der Waals surface area (Å²) in [5.41, 5.74) is -0.452. The molecule has 162 valence electrons. The van der Waals surface area contributed by atoms with Crippen molar-refractivity contribution in [2.24, 2.45) is 0 Å². The molecule has 0 aliphatic heterocycles. The lowest BCUT2D eigenvalue weighted by atomic mass is 10.1. The van der Waals surface area contributed by atoms with Crippen LogP contribution in [0.2, 0.25) is 5.02 Å². The van der Waals surface area contributed by atoms with E-state index in [4.69, 9.17) is 21.1 Å². The molecule has 0 aliphatic carbocycles. The maximum atomic E-state index is 12.8. The average Bonchev–Trinajstić information content (AvgIpc) is 2.95. The van der Waals surface area contributed by atoms with E-state index in [2.05, 4.69) is 10.3 Å². The number of aromatic nitrogens is 1. The molecule has 0 aliphatic rings. The number of aromatic amines is 1. The summed E-state index contributed by atoms with van der Waals surface area (Å²) in [6, 6.07) is 2.44. The first-order valence-corrected chi connectivity index (χ1v) is 9.03. The molecule has 1 amide bonds. The molecule has 0 saturated heterocycles. The van der Waals surface area contributed by atoms with Crippen LogP contribution in [0.5, 0.6) is 0 Å². The van der Waals surface area contributed by atoms with E-state index in [0.717, 1.165) is 12.1 Å². The van der Waals surface area contributed by atoms with Gasteiger partial charge in [0.1, 0.15) is 5.69 Å². The Labute approximate surface area is 174 Å². The Morgan fingerprint density at radius 2 is 1.80 bits per heavy atom. The highest BCUT2D eigenvalue weighted by molar-refractivity contribution is 6.33. The maximum Gasteiger partial charge on any atom is 0.416 e. The van der Waals surface area contributed by atoms with Crippen molar-refractivity contribution in [2.75, 3.05) is 18.5 Å². The normalized spacial score (nSPS) is 11.2. The summed E-state index contributed by atoms with van der Waals surface area (Å²) >= 11 is 5.81. The van der Waals surface area contributed by atoms with Gasteiger partial charge in [0.2, 0.25) is 0 Å². The number of aryl methyl sites for hydroxylation is 1. The van der Waals surface area contributed by atoms with Gasteiger partial charge in [0, 0.05) is 5.69 Å². The molecule has 1 heterocycles. The minimum Gasteiger partial charge on any atom is -0.462 e. The summed E-state index contributed by atoms with van der Waals surface area (Å²) in [7, 11) is 0. The highest BCUT2D eigenvalue weighted by Crippen LogP contribution is 2.33. The number of H-pyrrole nitrogens is 1. The molecular formula is C19H18ClF3N2O5. The van der Waals surface area contributed by atoms with E-state index in [1.807, 2.05) is 0 Å². The zero-order chi connectivity index (χ0) is 22.6. The number of esters is 2. The van der Waals surface area contributed by atoms with Crippen LogP contribution >= 0.6 is 11.6 Å². The summed E-state index contributed by atoms with van der Waals surface area (Å²) in [4.78, 5) is 38.9. The summed E-state index contributed by atoms with van der Waals surface area (Å²) in [6.07, 6.45) is -4.61. The molecule has 2 rings (SSSR count). The topological polar surface area (TPSA) is 97.5 Å². The first kappa shape index (κ1) is 23.3. The molecule has 0 atom stereocenters. The molecule has 0 saturated carbocycles. The van der Waals surface area contributed by atoms with Gasteiger partial charge in [-0.25, -0.2) is 9.59 Å². The van der Waals surface area contributed by atoms with Crippen molar-refractivity contribution in [3.05, 3.63) is 51.3 Å². The molecule has 7 nitrogen and oxygen atoms in total. The van der Waals surface area contributed by atoms with E-state index in [1.54, 1.807) is 13.8 Å². The number of carbonyl (C=O) groups is 3. The molecule has 2 aromatic rings. The molecule has 11 heteroatoms. The largest absolute Gasteiger partial charge is 0.462 e. The van der Waals surface area contributed by atoms with Gasteiger partial charge in [0.25, 0.3) is 5.91 Å². The predicted octanol–water partition coefficient (Wildman–Crippen LogP) is 4.28. The third-order valence-electron chi connectivity index (χ3n) is 4.02. The smallest absolute Gasteiger partial charge is 0.416 e. The number of carbonyl (C=O) groups excluding carboxylic acids is 3. The summed E-state index contributed by atoms with van der Waals surface area (Å²) in [6.45, 7) is 4.09. The second kappa shape index (κ2) is 9.21. The molecule has 1 aromatic heterocycles. The van der Waals surface area contributed by atoms with Crippen LogP contribution in [-0.4, -0.2) is 36.0 Å². The Kier molecular flexibility index (Phi) is 7.14. The van der Waals surface area contributed by atoms with E-state index in [-0.39, 0.29) is 34.1 Å². The maximum absolute atomic E-state index is 12.8. The van der Waals surface area contributed by atoms with Gasteiger partial charge in [-0.05, 0) is 44.5 Å². The van der Waals surface area contributed by atoms with Crippen LogP contribution in [0.1, 0.15) is 44.6 Å². The first-order chi connectivity index (χ1) is 14.0. The quantitative estimate of drug-likeness (QED) is 0.646. The lowest BCUT2D eigenvalue weighted by molar-refractivity contribution is -0.137. The lowest BCUT2D eigenvalue weighted by Gasteiger charge is -2.12. The third-order valence-corrected chi connectivity index (χ3v) is 4.35. The van der Waals surface area contributed by atoms with Crippen molar-refractivity contribution < 1.29 is 37.0 Å². The third kappa shape index (κ3) is 5.32. The number of hydrogen-bond acceptors (Lipinski definition) is 5. The van der Waals surface area contributed by atoms with Crippen molar-refractivity contribution in [3.63, 3.8) is 0 Å². The predicted molar refractivity (Wildman–Crippen MR) is 102 cm³/mol. The number of anilines is 1. The zero-order valence-corrected chi connectivity index (χ0v) is 17.0. The van der Waals surface area contributed by atoms with E-state index < -0.39 is 36.2 Å². The number of amides is 1. The second-order valence-corrected chi connectivity index (χ2v) is 6.57. The van der Waals surface area contributed by atoms with Gasteiger partial charge >= 0.3 is 18.1 Å². The van der Waals surface area contributed by atoms with Crippen LogP contribution < -0.4 is 5.32 Å².